The van der Waals surface area contributed by atoms with Gasteiger partial charge in [-0.05, 0) is 44.1 Å². The molecule has 2 unspecified atom stereocenters. The quantitative estimate of drug-likeness (QED) is 0.644. The molecule has 0 aromatic heterocycles. The molecule has 2 aliphatic rings. The number of nitrogens with one attached hydrogen (secondary N) is 2. The summed E-state index contributed by atoms with van der Waals surface area (Å²) in [7, 11) is 0. The van der Waals surface area contributed by atoms with Crippen LogP contribution in [-0.2, 0) is 0 Å². The molecule has 0 aromatic rings. The van der Waals surface area contributed by atoms with Crippen molar-refractivity contribution in [2.24, 2.45) is 17.6 Å². The summed E-state index contributed by atoms with van der Waals surface area (Å²) in [6, 6.07) is 0.444. The topological polar surface area (TPSA) is 67.1 Å². The van der Waals surface area contributed by atoms with Crippen LogP contribution in [0.2, 0.25) is 0 Å². The second-order valence-electron chi connectivity index (χ2n) is 4.82. The van der Waals surface area contributed by atoms with Crippen molar-refractivity contribution in [3.8, 4) is 0 Å². The van der Waals surface area contributed by atoms with Crippen LogP contribution in [0.25, 0.3) is 0 Å². The zero-order chi connectivity index (χ0) is 10.7. The maximum absolute atomic E-state index is 11.4. The third-order valence-corrected chi connectivity index (χ3v) is 3.56. The molecule has 0 aliphatic heterocycles. The molecule has 0 spiro atoms. The number of rotatable bonds is 4. The Hall–Kier alpha value is -0.770. The van der Waals surface area contributed by atoms with Crippen LogP contribution in [0.1, 0.15) is 32.1 Å². The molecule has 4 heteroatoms. The number of hydrogen-bond acceptors (Lipinski definition) is 2. The predicted octanol–water partition coefficient (Wildman–Crippen LogP) is 0.823. The summed E-state index contributed by atoms with van der Waals surface area (Å²) < 4.78 is 0. The molecule has 0 saturated heterocycles. The van der Waals surface area contributed by atoms with Gasteiger partial charge in [-0.25, -0.2) is 4.79 Å². The minimum atomic E-state index is 0.000159. The maximum atomic E-state index is 11.4. The molecule has 2 aliphatic carbocycles. The molecule has 4 nitrogen and oxygen atoms in total. The second-order valence-corrected chi connectivity index (χ2v) is 4.82. The Morgan fingerprint density at radius 1 is 1.20 bits per heavy atom. The zero-order valence-corrected chi connectivity index (χ0v) is 9.17. The predicted molar refractivity (Wildman–Crippen MR) is 59.4 cm³/mol. The Morgan fingerprint density at radius 3 is 2.60 bits per heavy atom. The van der Waals surface area contributed by atoms with Crippen LogP contribution < -0.4 is 16.4 Å². The van der Waals surface area contributed by atoms with Gasteiger partial charge < -0.3 is 16.4 Å². The van der Waals surface area contributed by atoms with Crippen molar-refractivity contribution < 1.29 is 4.79 Å². The molecule has 2 fully saturated rings. The van der Waals surface area contributed by atoms with Gasteiger partial charge in [0.2, 0.25) is 0 Å². The highest BCUT2D eigenvalue weighted by Gasteiger charge is 2.27. The number of nitrogens with two attached hydrogens (primary N) is 1. The van der Waals surface area contributed by atoms with Gasteiger partial charge in [-0.15, -0.1) is 0 Å². The fourth-order valence-electron chi connectivity index (χ4n) is 2.38. The lowest BCUT2D eigenvalue weighted by atomic mass is 9.96. The third-order valence-electron chi connectivity index (χ3n) is 3.56. The molecule has 0 radical (unpaired) electrons. The largest absolute Gasteiger partial charge is 0.338 e. The maximum Gasteiger partial charge on any atom is 0.315 e. The van der Waals surface area contributed by atoms with E-state index in [0.717, 1.165) is 25.9 Å². The summed E-state index contributed by atoms with van der Waals surface area (Å²) in [6.07, 6.45) is 5.99. The highest BCUT2D eigenvalue weighted by atomic mass is 16.2. The van der Waals surface area contributed by atoms with E-state index >= 15 is 0 Å². The Labute approximate surface area is 91.0 Å². The van der Waals surface area contributed by atoms with Crippen molar-refractivity contribution in [1.29, 1.82) is 0 Å². The summed E-state index contributed by atoms with van der Waals surface area (Å²) >= 11 is 0. The summed E-state index contributed by atoms with van der Waals surface area (Å²) in [5, 5.41) is 5.88. The average molecular weight is 211 g/mol. The number of carbonyl (C=O) groups excluding carboxylic acids is 1. The van der Waals surface area contributed by atoms with Crippen LogP contribution in [0.15, 0.2) is 0 Å². The van der Waals surface area contributed by atoms with Crippen LogP contribution in [0.4, 0.5) is 4.79 Å². The number of urea groups is 1. The fourth-order valence-corrected chi connectivity index (χ4v) is 2.38. The van der Waals surface area contributed by atoms with E-state index in [1.807, 2.05) is 0 Å². The van der Waals surface area contributed by atoms with E-state index in [1.165, 1.54) is 19.3 Å². The van der Waals surface area contributed by atoms with Gasteiger partial charge in [0.15, 0.2) is 0 Å². The van der Waals surface area contributed by atoms with Crippen molar-refractivity contribution in [1.82, 2.24) is 10.6 Å². The average Bonchev–Trinajstić information content (AvgIpc) is 2.92. The molecule has 0 heterocycles. The first-order chi connectivity index (χ1) is 7.29. The molecule has 0 aromatic carbocycles. The van der Waals surface area contributed by atoms with Gasteiger partial charge in [0.05, 0.1) is 0 Å². The van der Waals surface area contributed by atoms with Crippen LogP contribution >= 0.6 is 0 Å². The Kier molecular flexibility index (Phi) is 3.46. The minimum Gasteiger partial charge on any atom is -0.338 e. The van der Waals surface area contributed by atoms with Gasteiger partial charge in [0.25, 0.3) is 0 Å². The van der Waals surface area contributed by atoms with Gasteiger partial charge >= 0.3 is 6.03 Å². The molecular formula is C11H21N3O. The smallest absolute Gasteiger partial charge is 0.315 e. The molecular weight excluding hydrogens is 190 g/mol. The Morgan fingerprint density at radius 2 is 1.93 bits per heavy atom. The molecule has 86 valence electrons. The van der Waals surface area contributed by atoms with Crippen molar-refractivity contribution >= 4 is 6.03 Å². The van der Waals surface area contributed by atoms with Crippen molar-refractivity contribution in [3.05, 3.63) is 0 Å². The van der Waals surface area contributed by atoms with E-state index in [4.69, 9.17) is 5.73 Å². The molecule has 4 N–H and O–H groups in total. The lowest BCUT2D eigenvalue weighted by molar-refractivity contribution is 0.236. The van der Waals surface area contributed by atoms with E-state index in [-0.39, 0.29) is 6.03 Å². The summed E-state index contributed by atoms with van der Waals surface area (Å²) in [4.78, 5) is 11.4. The van der Waals surface area contributed by atoms with Gasteiger partial charge in [-0.2, -0.15) is 0 Å². The fraction of sp³-hybridized carbons (Fsp3) is 0.909. The normalized spacial score (nSPS) is 30.2. The monoisotopic (exact) mass is 211 g/mol. The third kappa shape index (κ3) is 3.09. The van der Waals surface area contributed by atoms with Gasteiger partial charge in [0, 0.05) is 12.6 Å². The van der Waals surface area contributed by atoms with Crippen LogP contribution in [-0.4, -0.2) is 25.2 Å². The van der Waals surface area contributed by atoms with Gasteiger partial charge in [0.1, 0.15) is 0 Å². The standard InChI is InChI=1S/C11H21N3O/c12-6-8-2-1-3-9(8)7-13-11(15)14-10-4-5-10/h8-10H,1-7,12H2,(H2,13,14,15). The van der Waals surface area contributed by atoms with Gasteiger partial charge in [-0.1, -0.05) is 6.42 Å². The molecule has 15 heavy (non-hydrogen) atoms. The SMILES string of the molecule is NCC1CCCC1CNC(=O)NC1CC1. The molecule has 2 rings (SSSR count). The molecule has 2 saturated carbocycles. The van der Waals surface area contributed by atoms with Crippen LogP contribution in [0.5, 0.6) is 0 Å². The Bertz CT molecular complexity index is 228. The molecule has 2 amide bonds. The second kappa shape index (κ2) is 4.84. The van der Waals surface area contributed by atoms with Crippen molar-refractivity contribution in [2.45, 2.75) is 38.1 Å². The van der Waals surface area contributed by atoms with Crippen LogP contribution in [0, 0.1) is 11.8 Å². The lowest BCUT2D eigenvalue weighted by Gasteiger charge is -2.18. The van der Waals surface area contributed by atoms with E-state index in [9.17, 15) is 4.79 Å². The first-order valence-corrected chi connectivity index (χ1v) is 6.04. The zero-order valence-electron chi connectivity index (χ0n) is 9.17. The first-order valence-electron chi connectivity index (χ1n) is 6.04. The molecule has 2 atom stereocenters. The van der Waals surface area contributed by atoms with E-state index in [1.54, 1.807) is 0 Å². The molecule has 0 bridgehead atoms. The summed E-state index contributed by atoms with van der Waals surface area (Å²) in [5.41, 5.74) is 5.69. The van der Waals surface area contributed by atoms with Crippen molar-refractivity contribution in [2.75, 3.05) is 13.1 Å². The lowest BCUT2D eigenvalue weighted by Crippen LogP contribution is -2.40. The minimum absolute atomic E-state index is 0.000159. The highest BCUT2D eigenvalue weighted by molar-refractivity contribution is 5.74. The first kappa shape index (κ1) is 10.7. The summed E-state index contributed by atoms with van der Waals surface area (Å²) in [6.45, 7) is 1.55. The number of amides is 2. The van der Waals surface area contributed by atoms with E-state index in [0.29, 0.717) is 17.9 Å². The van der Waals surface area contributed by atoms with Crippen molar-refractivity contribution in [3.63, 3.8) is 0 Å². The van der Waals surface area contributed by atoms with E-state index in [2.05, 4.69) is 10.6 Å². The van der Waals surface area contributed by atoms with Gasteiger partial charge in [-0.3, -0.25) is 0 Å². The van der Waals surface area contributed by atoms with Crippen LogP contribution in [0.3, 0.4) is 0 Å². The Balaban J connectivity index is 1.65. The highest BCUT2D eigenvalue weighted by Crippen LogP contribution is 2.30. The number of hydrogen-bond donors (Lipinski definition) is 3. The van der Waals surface area contributed by atoms with E-state index < -0.39 is 0 Å². The number of carbonyl (C=O) groups is 1. The summed E-state index contributed by atoms with van der Waals surface area (Å²) in [5.74, 6) is 1.21.